The van der Waals surface area contributed by atoms with Crippen molar-refractivity contribution in [2.45, 2.75) is 13.8 Å². The second kappa shape index (κ2) is 9.23. The van der Waals surface area contributed by atoms with E-state index in [9.17, 15) is 4.79 Å². The third-order valence-electron chi connectivity index (χ3n) is 5.48. The molecule has 2 amide bonds. The molecular weight excluding hydrogens is 487 g/mol. The van der Waals surface area contributed by atoms with Crippen LogP contribution in [0, 0.1) is 12.7 Å². The molecule has 0 aliphatic rings. The van der Waals surface area contributed by atoms with Crippen LogP contribution >= 0.6 is 11.6 Å². The highest BCUT2D eigenvalue weighted by molar-refractivity contribution is 6.33. The van der Waals surface area contributed by atoms with Crippen molar-refractivity contribution < 1.29 is 9.18 Å². The molecule has 0 aliphatic carbocycles. The quantitative estimate of drug-likeness (QED) is 0.280. The van der Waals surface area contributed by atoms with Gasteiger partial charge in [-0.1, -0.05) is 23.7 Å². The molecule has 11 nitrogen and oxygen atoms in total. The van der Waals surface area contributed by atoms with E-state index in [4.69, 9.17) is 17.3 Å². The van der Waals surface area contributed by atoms with Crippen molar-refractivity contribution >= 4 is 40.4 Å². The van der Waals surface area contributed by atoms with Crippen LogP contribution in [0.5, 0.6) is 0 Å². The number of H-pyrrole nitrogens is 1. The van der Waals surface area contributed by atoms with Gasteiger partial charge in [-0.05, 0) is 48.0 Å². The lowest BCUT2D eigenvalue weighted by molar-refractivity contribution is 0.252. The van der Waals surface area contributed by atoms with E-state index >= 15 is 4.39 Å². The first-order valence-electron chi connectivity index (χ1n) is 10.9. The molecule has 3 aromatic heterocycles. The summed E-state index contributed by atoms with van der Waals surface area (Å²) in [5.41, 5.74) is 9.53. The summed E-state index contributed by atoms with van der Waals surface area (Å²) in [7, 11) is 0. The minimum absolute atomic E-state index is 0.160. The van der Waals surface area contributed by atoms with Crippen molar-refractivity contribution in [3.8, 4) is 28.2 Å². The molecule has 182 valence electrons. The fraction of sp³-hybridized carbons (Fsp3) is 0.130. The Balaban J connectivity index is 1.57. The summed E-state index contributed by atoms with van der Waals surface area (Å²) >= 11 is 6.49. The Morgan fingerprint density at radius 1 is 1.25 bits per heavy atom. The van der Waals surface area contributed by atoms with Gasteiger partial charge in [0, 0.05) is 29.9 Å². The topological polar surface area (TPSA) is 152 Å². The van der Waals surface area contributed by atoms with E-state index in [1.165, 1.54) is 16.9 Å². The lowest BCUT2D eigenvalue weighted by Gasteiger charge is -2.11. The largest absolute Gasteiger partial charge is 0.383 e. The molecule has 0 unspecified atom stereocenters. The maximum Gasteiger partial charge on any atom is 0.321 e. The van der Waals surface area contributed by atoms with Crippen molar-refractivity contribution in [2.24, 2.45) is 0 Å². The third kappa shape index (κ3) is 4.18. The first kappa shape index (κ1) is 23.2. The highest BCUT2D eigenvalue weighted by Gasteiger charge is 2.19. The smallest absolute Gasteiger partial charge is 0.321 e. The summed E-state index contributed by atoms with van der Waals surface area (Å²) in [6.45, 7) is 4.12. The molecule has 2 aromatic carbocycles. The van der Waals surface area contributed by atoms with Crippen molar-refractivity contribution in [1.82, 2.24) is 40.5 Å². The number of nitrogen functional groups attached to an aromatic ring is 1. The maximum atomic E-state index is 15.1. The maximum absolute atomic E-state index is 15.1. The van der Waals surface area contributed by atoms with Gasteiger partial charge in [0.2, 0.25) is 5.95 Å². The molecule has 13 heteroatoms. The number of halogens is 2. The van der Waals surface area contributed by atoms with Crippen molar-refractivity contribution in [1.29, 1.82) is 0 Å². The van der Waals surface area contributed by atoms with Gasteiger partial charge in [0.1, 0.15) is 11.6 Å². The SMILES string of the molecule is CCNC(=O)Nc1nc2cc(-c3cnc(N)c(-c4nnnn4-c4cccc(C)c4Cl)c3)c(F)cc2[nH]1. The fourth-order valence-corrected chi connectivity index (χ4v) is 3.94. The minimum atomic E-state index is -0.519. The number of imidazole rings is 1. The van der Waals surface area contributed by atoms with Gasteiger partial charge in [-0.25, -0.2) is 19.2 Å². The number of amides is 2. The number of hydrogen-bond donors (Lipinski definition) is 4. The summed E-state index contributed by atoms with van der Waals surface area (Å²) in [6, 6.07) is 9.57. The number of pyridine rings is 1. The van der Waals surface area contributed by atoms with E-state index in [-0.39, 0.29) is 17.3 Å². The molecule has 3 heterocycles. The molecule has 0 spiro atoms. The lowest BCUT2D eigenvalue weighted by Crippen LogP contribution is -2.28. The number of hydrogen-bond acceptors (Lipinski definition) is 7. The predicted octanol–water partition coefficient (Wildman–Crippen LogP) is 4.09. The van der Waals surface area contributed by atoms with E-state index in [2.05, 4.69) is 41.1 Å². The minimum Gasteiger partial charge on any atom is -0.383 e. The number of urea groups is 1. The highest BCUT2D eigenvalue weighted by atomic mass is 35.5. The Bertz CT molecular complexity index is 1610. The molecule has 0 aliphatic heterocycles. The normalized spacial score (nSPS) is 11.1. The molecule has 5 aromatic rings. The highest BCUT2D eigenvalue weighted by Crippen LogP contribution is 2.33. The summed E-state index contributed by atoms with van der Waals surface area (Å²) in [5, 5.41) is 17.6. The van der Waals surface area contributed by atoms with E-state index in [1.54, 1.807) is 25.1 Å². The lowest BCUT2D eigenvalue weighted by atomic mass is 10.0. The number of rotatable bonds is 5. The number of nitrogens with one attached hydrogen (secondary N) is 3. The van der Waals surface area contributed by atoms with Crippen LogP contribution in [-0.2, 0) is 0 Å². The average molecular weight is 507 g/mol. The van der Waals surface area contributed by atoms with Gasteiger partial charge in [-0.15, -0.1) is 5.10 Å². The number of anilines is 2. The molecular formula is C23H20ClFN10O. The monoisotopic (exact) mass is 506 g/mol. The molecule has 0 bridgehead atoms. The van der Waals surface area contributed by atoms with Crippen LogP contribution in [-0.4, -0.2) is 47.7 Å². The van der Waals surface area contributed by atoms with Gasteiger partial charge in [0.25, 0.3) is 0 Å². The Morgan fingerprint density at radius 2 is 2.08 bits per heavy atom. The summed E-state index contributed by atoms with van der Waals surface area (Å²) < 4.78 is 16.6. The molecule has 0 saturated heterocycles. The molecule has 0 atom stereocenters. The van der Waals surface area contributed by atoms with E-state index in [1.807, 2.05) is 19.1 Å². The zero-order valence-electron chi connectivity index (χ0n) is 19.2. The van der Waals surface area contributed by atoms with Gasteiger partial charge < -0.3 is 16.0 Å². The number of aromatic amines is 1. The van der Waals surface area contributed by atoms with Gasteiger partial charge in [-0.2, -0.15) is 4.68 Å². The molecule has 0 radical (unpaired) electrons. The number of aryl methyl sites for hydroxylation is 1. The van der Waals surface area contributed by atoms with Crippen molar-refractivity contribution in [2.75, 3.05) is 17.6 Å². The number of tetrazole rings is 1. The Kier molecular flexibility index (Phi) is 5.94. The zero-order chi connectivity index (χ0) is 25.4. The Morgan fingerprint density at radius 3 is 2.89 bits per heavy atom. The second-order valence-corrected chi connectivity index (χ2v) is 8.28. The number of nitrogens with two attached hydrogens (primary N) is 1. The van der Waals surface area contributed by atoms with Crippen LogP contribution in [0.2, 0.25) is 5.02 Å². The van der Waals surface area contributed by atoms with Crippen LogP contribution in [0.15, 0.2) is 42.6 Å². The number of carbonyl (C=O) groups excluding carboxylic acids is 1. The van der Waals surface area contributed by atoms with Crippen LogP contribution in [0.25, 0.3) is 39.2 Å². The Hall–Kier alpha value is -4.58. The van der Waals surface area contributed by atoms with Crippen LogP contribution in [0.4, 0.5) is 21.0 Å². The van der Waals surface area contributed by atoms with Gasteiger partial charge in [0.15, 0.2) is 5.82 Å². The average Bonchev–Trinajstić information content (AvgIpc) is 3.47. The van der Waals surface area contributed by atoms with Crippen LogP contribution in [0.3, 0.4) is 0 Å². The molecule has 0 saturated carbocycles. The van der Waals surface area contributed by atoms with E-state index < -0.39 is 11.8 Å². The van der Waals surface area contributed by atoms with E-state index in [0.717, 1.165) is 5.56 Å². The zero-order valence-corrected chi connectivity index (χ0v) is 19.9. The predicted molar refractivity (Wildman–Crippen MR) is 134 cm³/mol. The van der Waals surface area contributed by atoms with Crippen LogP contribution in [0.1, 0.15) is 12.5 Å². The molecule has 0 fully saturated rings. The van der Waals surface area contributed by atoms with Crippen LogP contribution < -0.4 is 16.4 Å². The molecule has 5 rings (SSSR count). The summed E-state index contributed by atoms with van der Waals surface area (Å²) in [5.74, 6) is 0.129. The number of carbonyl (C=O) groups is 1. The van der Waals surface area contributed by atoms with Gasteiger partial charge in [0.05, 0.1) is 27.3 Å². The number of nitrogens with zero attached hydrogens (tertiary/aromatic N) is 6. The number of benzene rings is 2. The van der Waals surface area contributed by atoms with Gasteiger partial charge >= 0.3 is 6.03 Å². The van der Waals surface area contributed by atoms with E-state index in [0.29, 0.717) is 45.2 Å². The first-order chi connectivity index (χ1) is 17.4. The number of aromatic nitrogens is 7. The van der Waals surface area contributed by atoms with Gasteiger partial charge in [-0.3, -0.25) is 5.32 Å². The molecule has 5 N–H and O–H groups in total. The summed E-state index contributed by atoms with van der Waals surface area (Å²) in [6.07, 6.45) is 1.46. The Labute approximate surface area is 208 Å². The standard InChI is InChI=1S/C23H20ClFN10O/c1-3-27-23(36)31-22-29-16-8-13(15(25)9-17(16)30-22)12-7-14(20(26)28-10-12)21-32-33-34-35(21)18-6-4-5-11(2)19(18)24/h4-10H,3H2,1-2H3,(H2,26,28)(H3,27,29,30,31,36). The second-order valence-electron chi connectivity index (χ2n) is 7.90. The third-order valence-corrected chi connectivity index (χ3v) is 5.97. The fourth-order valence-electron chi connectivity index (χ4n) is 3.74. The number of fused-ring (bicyclic) bond motifs is 1. The first-order valence-corrected chi connectivity index (χ1v) is 11.3. The molecule has 36 heavy (non-hydrogen) atoms. The van der Waals surface area contributed by atoms with Crippen molar-refractivity contribution in [3.63, 3.8) is 0 Å². The van der Waals surface area contributed by atoms with Crippen molar-refractivity contribution in [3.05, 3.63) is 59.0 Å². The summed E-state index contributed by atoms with van der Waals surface area (Å²) in [4.78, 5) is 23.3.